The smallest absolute Gasteiger partial charge is 0.163 e. The Labute approximate surface area is 77.4 Å². The van der Waals surface area contributed by atoms with Crippen molar-refractivity contribution < 1.29 is 14.6 Å². The summed E-state index contributed by atoms with van der Waals surface area (Å²) >= 11 is 0. The predicted molar refractivity (Wildman–Crippen MR) is 45.7 cm³/mol. The van der Waals surface area contributed by atoms with Crippen LogP contribution in [0.2, 0.25) is 0 Å². The summed E-state index contributed by atoms with van der Waals surface area (Å²) in [6.07, 6.45) is 1.48. The van der Waals surface area contributed by atoms with E-state index in [0.29, 0.717) is 6.61 Å². The van der Waals surface area contributed by atoms with E-state index >= 15 is 0 Å². The number of nitrogens with zero attached hydrogens (tertiary/aromatic N) is 1. The lowest BCUT2D eigenvalue weighted by molar-refractivity contribution is -0.147. The van der Waals surface area contributed by atoms with E-state index in [1.165, 1.54) is 12.2 Å². The Morgan fingerprint density at radius 3 is 2.85 bits per heavy atom. The molecular formula is C9H13NO3. The number of ether oxygens (including phenoxy) is 2. The fourth-order valence-electron chi connectivity index (χ4n) is 1.15. The van der Waals surface area contributed by atoms with Gasteiger partial charge in [0.1, 0.15) is 12.2 Å². The average Bonchev–Trinajstić information content (AvgIpc) is 2.42. The van der Waals surface area contributed by atoms with Crippen LogP contribution in [0.5, 0.6) is 0 Å². The summed E-state index contributed by atoms with van der Waals surface area (Å²) in [5.41, 5.74) is 0. The maximum Gasteiger partial charge on any atom is 0.163 e. The molecule has 1 aliphatic rings. The zero-order chi connectivity index (χ0) is 9.90. The maximum atomic E-state index is 9.47. The topological polar surface area (TPSA) is 62.5 Å². The molecule has 0 aromatic heterocycles. The lowest BCUT2D eigenvalue weighted by Gasteiger charge is -2.18. The summed E-state index contributed by atoms with van der Waals surface area (Å²) in [6, 6.07) is 1.81. The van der Waals surface area contributed by atoms with Gasteiger partial charge in [-0.2, -0.15) is 5.26 Å². The molecule has 1 unspecified atom stereocenters. The maximum absolute atomic E-state index is 9.47. The zero-order valence-electron chi connectivity index (χ0n) is 7.73. The van der Waals surface area contributed by atoms with Gasteiger partial charge in [0.15, 0.2) is 5.79 Å². The first kappa shape index (κ1) is 10.2. The number of allylic oxidation sites excluding steroid dienone is 1. The molecule has 1 heterocycles. The van der Waals surface area contributed by atoms with Gasteiger partial charge in [-0.15, -0.1) is 0 Å². The highest BCUT2D eigenvalue weighted by molar-refractivity contribution is 5.06. The summed E-state index contributed by atoms with van der Waals surface area (Å²) in [6.45, 7) is 3.92. The zero-order valence-corrected chi connectivity index (χ0v) is 7.73. The van der Waals surface area contributed by atoms with Crippen LogP contribution in [-0.2, 0) is 9.47 Å². The molecule has 1 saturated heterocycles. The Morgan fingerprint density at radius 1 is 1.69 bits per heavy atom. The SMILES string of the molecule is CC1(C)OC[C@H](C(O)/C=C/C#N)O1. The van der Waals surface area contributed by atoms with Crippen LogP contribution in [0.3, 0.4) is 0 Å². The third kappa shape index (κ3) is 2.81. The fourth-order valence-corrected chi connectivity index (χ4v) is 1.15. The van der Waals surface area contributed by atoms with Crippen LogP contribution in [-0.4, -0.2) is 29.7 Å². The Balaban J connectivity index is 2.47. The number of rotatable bonds is 2. The first-order valence-corrected chi connectivity index (χ1v) is 4.11. The van der Waals surface area contributed by atoms with Gasteiger partial charge >= 0.3 is 0 Å². The average molecular weight is 183 g/mol. The first-order valence-electron chi connectivity index (χ1n) is 4.11. The highest BCUT2D eigenvalue weighted by atomic mass is 16.7. The molecule has 1 rings (SSSR count). The third-order valence-corrected chi connectivity index (χ3v) is 1.78. The van der Waals surface area contributed by atoms with Gasteiger partial charge in [-0.05, 0) is 19.9 Å². The normalized spacial score (nSPS) is 28.9. The lowest BCUT2D eigenvalue weighted by Crippen LogP contribution is -2.29. The van der Waals surface area contributed by atoms with Gasteiger partial charge in [0.05, 0.1) is 12.7 Å². The minimum atomic E-state index is -0.776. The number of hydrogen-bond donors (Lipinski definition) is 1. The van der Waals surface area contributed by atoms with E-state index in [1.54, 1.807) is 19.9 Å². The molecule has 0 spiro atoms. The largest absolute Gasteiger partial charge is 0.386 e. The van der Waals surface area contributed by atoms with Crippen molar-refractivity contribution in [3.8, 4) is 6.07 Å². The Kier molecular flexibility index (Phi) is 3.04. The number of nitriles is 1. The Morgan fingerprint density at radius 2 is 2.38 bits per heavy atom. The third-order valence-electron chi connectivity index (χ3n) is 1.78. The van der Waals surface area contributed by atoms with Crippen molar-refractivity contribution in [1.82, 2.24) is 0 Å². The number of aliphatic hydroxyl groups is 1. The summed E-state index contributed by atoms with van der Waals surface area (Å²) in [5.74, 6) is -0.633. The summed E-state index contributed by atoms with van der Waals surface area (Å²) in [5, 5.41) is 17.7. The van der Waals surface area contributed by atoms with E-state index in [9.17, 15) is 5.11 Å². The van der Waals surface area contributed by atoms with Crippen LogP contribution in [0, 0.1) is 11.3 Å². The van der Waals surface area contributed by atoms with Gasteiger partial charge in [-0.1, -0.05) is 0 Å². The molecular weight excluding hydrogens is 170 g/mol. The van der Waals surface area contributed by atoms with Crippen molar-refractivity contribution in [2.24, 2.45) is 0 Å². The number of aliphatic hydroxyl groups excluding tert-OH is 1. The molecule has 0 radical (unpaired) electrons. The monoisotopic (exact) mass is 183 g/mol. The van der Waals surface area contributed by atoms with Crippen molar-refractivity contribution in [1.29, 1.82) is 5.26 Å². The molecule has 1 fully saturated rings. The summed E-state index contributed by atoms with van der Waals surface area (Å²) in [7, 11) is 0. The van der Waals surface area contributed by atoms with Gasteiger partial charge in [-0.3, -0.25) is 0 Å². The van der Waals surface area contributed by atoms with Crippen LogP contribution in [0.15, 0.2) is 12.2 Å². The highest BCUT2D eigenvalue weighted by Gasteiger charge is 2.35. The van der Waals surface area contributed by atoms with Gasteiger partial charge in [0, 0.05) is 6.08 Å². The van der Waals surface area contributed by atoms with Crippen molar-refractivity contribution >= 4 is 0 Å². The second-order valence-corrected chi connectivity index (χ2v) is 3.35. The summed E-state index contributed by atoms with van der Waals surface area (Å²) < 4.78 is 10.6. The molecule has 0 aromatic rings. The second kappa shape index (κ2) is 3.88. The minimum absolute atomic E-state index is 0.351. The molecule has 0 amide bonds. The molecule has 0 aromatic carbocycles. The van der Waals surface area contributed by atoms with Gasteiger partial charge in [0.2, 0.25) is 0 Å². The van der Waals surface area contributed by atoms with Crippen LogP contribution >= 0.6 is 0 Å². The van der Waals surface area contributed by atoms with E-state index in [2.05, 4.69) is 0 Å². The quantitative estimate of drug-likeness (QED) is 0.636. The second-order valence-electron chi connectivity index (χ2n) is 3.35. The van der Waals surface area contributed by atoms with Gasteiger partial charge < -0.3 is 14.6 Å². The molecule has 0 saturated carbocycles. The number of hydrogen-bond acceptors (Lipinski definition) is 4. The standard InChI is InChI=1S/C9H13NO3/c1-9(2)12-6-8(13-9)7(11)4-3-5-10/h3-4,7-8,11H,6H2,1-2H3/b4-3+/t7?,8-/m1/s1. The van der Waals surface area contributed by atoms with Crippen molar-refractivity contribution in [3.63, 3.8) is 0 Å². The molecule has 72 valence electrons. The van der Waals surface area contributed by atoms with E-state index in [-0.39, 0.29) is 6.10 Å². The van der Waals surface area contributed by atoms with E-state index in [4.69, 9.17) is 14.7 Å². The molecule has 0 aliphatic carbocycles. The molecule has 13 heavy (non-hydrogen) atoms. The van der Waals surface area contributed by atoms with Crippen LogP contribution in [0.4, 0.5) is 0 Å². The lowest BCUT2D eigenvalue weighted by atomic mass is 10.2. The van der Waals surface area contributed by atoms with E-state index in [1.807, 2.05) is 0 Å². The Bertz CT molecular complexity index is 242. The van der Waals surface area contributed by atoms with Gasteiger partial charge in [-0.25, -0.2) is 0 Å². The predicted octanol–water partition coefficient (Wildman–Crippen LogP) is 0.579. The Hall–Kier alpha value is -0.890. The van der Waals surface area contributed by atoms with Crippen molar-refractivity contribution in [3.05, 3.63) is 12.2 Å². The van der Waals surface area contributed by atoms with E-state index < -0.39 is 11.9 Å². The summed E-state index contributed by atoms with van der Waals surface area (Å²) in [4.78, 5) is 0. The van der Waals surface area contributed by atoms with Crippen molar-refractivity contribution in [2.45, 2.75) is 31.8 Å². The molecule has 1 aliphatic heterocycles. The highest BCUT2D eigenvalue weighted by Crippen LogP contribution is 2.24. The fraction of sp³-hybridized carbons (Fsp3) is 0.667. The van der Waals surface area contributed by atoms with Crippen LogP contribution in [0.1, 0.15) is 13.8 Å². The van der Waals surface area contributed by atoms with E-state index in [0.717, 1.165) is 0 Å². The molecule has 0 bridgehead atoms. The van der Waals surface area contributed by atoms with Crippen molar-refractivity contribution in [2.75, 3.05) is 6.61 Å². The minimum Gasteiger partial charge on any atom is -0.386 e. The molecule has 2 atom stereocenters. The molecule has 4 nitrogen and oxygen atoms in total. The molecule has 4 heteroatoms. The first-order chi connectivity index (χ1) is 6.05. The van der Waals surface area contributed by atoms with Crippen LogP contribution < -0.4 is 0 Å². The molecule has 1 N–H and O–H groups in total. The van der Waals surface area contributed by atoms with Gasteiger partial charge in [0.25, 0.3) is 0 Å². The van der Waals surface area contributed by atoms with Crippen LogP contribution in [0.25, 0.3) is 0 Å².